The molecule has 0 spiro atoms. The van der Waals surface area contributed by atoms with E-state index < -0.39 is 11.7 Å². The van der Waals surface area contributed by atoms with Gasteiger partial charge in [0, 0.05) is 22.0 Å². The number of carbonyl (C=O) groups is 2. The second-order valence-electron chi connectivity index (χ2n) is 6.17. The topological polar surface area (TPSA) is 67.4 Å². The van der Waals surface area contributed by atoms with Gasteiger partial charge in [0.1, 0.15) is 5.60 Å². The van der Waals surface area contributed by atoms with E-state index in [1.807, 2.05) is 0 Å². The van der Waals surface area contributed by atoms with Crippen LogP contribution in [0.4, 0.5) is 16.2 Å². The van der Waals surface area contributed by atoms with E-state index in [2.05, 4.69) is 10.6 Å². The van der Waals surface area contributed by atoms with Gasteiger partial charge in [0.05, 0.1) is 0 Å². The van der Waals surface area contributed by atoms with Gasteiger partial charge < -0.3 is 10.1 Å². The first kappa shape index (κ1) is 17.8. The van der Waals surface area contributed by atoms with Crippen LogP contribution in [0.5, 0.6) is 0 Å². The molecular weight excluding hydrogens is 328 g/mol. The van der Waals surface area contributed by atoms with Crippen LogP contribution in [0.25, 0.3) is 0 Å². The van der Waals surface area contributed by atoms with Crippen LogP contribution in [-0.2, 0) is 4.74 Å². The zero-order chi connectivity index (χ0) is 17.7. The van der Waals surface area contributed by atoms with Gasteiger partial charge >= 0.3 is 6.09 Å². The van der Waals surface area contributed by atoms with Crippen molar-refractivity contribution in [2.45, 2.75) is 26.4 Å². The van der Waals surface area contributed by atoms with Crippen molar-refractivity contribution in [3.05, 3.63) is 59.1 Å². The highest BCUT2D eigenvalue weighted by molar-refractivity contribution is 6.31. The Bertz CT molecular complexity index is 737. The molecule has 0 radical (unpaired) electrons. The minimum absolute atomic E-state index is 0.259. The summed E-state index contributed by atoms with van der Waals surface area (Å²) in [6.07, 6.45) is -0.529. The summed E-state index contributed by atoms with van der Waals surface area (Å²) < 4.78 is 5.17. The van der Waals surface area contributed by atoms with Crippen LogP contribution in [-0.4, -0.2) is 17.6 Å². The molecule has 5 nitrogen and oxygen atoms in total. The van der Waals surface area contributed by atoms with Crippen molar-refractivity contribution in [1.82, 2.24) is 0 Å². The lowest BCUT2D eigenvalue weighted by Gasteiger charge is -2.19. The standard InChI is InChI=1S/C18H19ClN2O3/c1-18(2,3)24-17(23)21-15-9-7-14(8-10-15)20-16(22)12-5-4-6-13(19)11-12/h4-11H,1-3H3,(H,20,22)(H,21,23). The first-order valence-electron chi connectivity index (χ1n) is 7.40. The first-order valence-corrected chi connectivity index (χ1v) is 7.78. The third kappa shape index (κ3) is 5.59. The largest absolute Gasteiger partial charge is 0.444 e. The summed E-state index contributed by atoms with van der Waals surface area (Å²) in [7, 11) is 0. The van der Waals surface area contributed by atoms with Crippen molar-refractivity contribution in [2.75, 3.05) is 10.6 Å². The van der Waals surface area contributed by atoms with Gasteiger partial charge in [-0.05, 0) is 63.2 Å². The molecule has 0 aromatic heterocycles. The van der Waals surface area contributed by atoms with Crippen LogP contribution in [0.1, 0.15) is 31.1 Å². The van der Waals surface area contributed by atoms with Crippen molar-refractivity contribution in [2.24, 2.45) is 0 Å². The van der Waals surface area contributed by atoms with Crippen LogP contribution >= 0.6 is 11.6 Å². The average molecular weight is 347 g/mol. The predicted octanol–water partition coefficient (Wildman–Crippen LogP) is 4.94. The summed E-state index contributed by atoms with van der Waals surface area (Å²) in [6, 6.07) is 13.4. The van der Waals surface area contributed by atoms with Crippen LogP contribution < -0.4 is 10.6 Å². The van der Waals surface area contributed by atoms with Gasteiger partial charge in [0.25, 0.3) is 5.91 Å². The monoisotopic (exact) mass is 346 g/mol. The summed E-state index contributed by atoms with van der Waals surface area (Å²) >= 11 is 5.87. The highest BCUT2D eigenvalue weighted by atomic mass is 35.5. The van der Waals surface area contributed by atoms with Gasteiger partial charge in [-0.3, -0.25) is 10.1 Å². The molecule has 0 unspecified atom stereocenters. The number of halogens is 1. The Balaban J connectivity index is 1.97. The molecule has 0 heterocycles. The van der Waals surface area contributed by atoms with Crippen molar-refractivity contribution in [1.29, 1.82) is 0 Å². The molecule has 0 atom stereocenters. The number of hydrogen-bond donors (Lipinski definition) is 2. The van der Waals surface area contributed by atoms with Crippen LogP contribution in [0.2, 0.25) is 5.02 Å². The normalized spacial score (nSPS) is 10.8. The summed E-state index contributed by atoms with van der Waals surface area (Å²) in [5.41, 5.74) is 1.09. The lowest BCUT2D eigenvalue weighted by atomic mass is 10.2. The molecule has 126 valence electrons. The lowest BCUT2D eigenvalue weighted by molar-refractivity contribution is 0.0635. The molecule has 0 saturated carbocycles. The molecule has 24 heavy (non-hydrogen) atoms. The Morgan fingerprint density at radius 3 is 2.08 bits per heavy atom. The van der Waals surface area contributed by atoms with E-state index in [0.29, 0.717) is 22.0 Å². The Morgan fingerprint density at radius 1 is 0.958 bits per heavy atom. The fourth-order valence-electron chi connectivity index (χ4n) is 1.89. The molecule has 2 N–H and O–H groups in total. The van der Waals surface area contributed by atoms with Gasteiger partial charge in [-0.15, -0.1) is 0 Å². The molecule has 2 aromatic rings. The fourth-order valence-corrected chi connectivity index (χ4v) is 2.08. The van der Waals surface area contributed by atoms with Gasteiger partial charge in [-0.1, -0.05) is 17.7 Å². The Hall–Kier alpha value is -2.53. The van der Waals surface area contributed by atoms with E-state index in [1.165, 1.54) is 0 Å². The maximum absolute atomic E-state index is 12.1. The van der Waals surface area contributed by atoms with Gasteiger partial charge in [-0.25, -0.2) is 4.79 Å². The summed E-state index contributed by atoms with van der Waals surface area (Å²) in [4.78, 5) is 23.8. The van der Waals surface area contributed by atoms with Gasteiger partial charge in [-0.2, -0.15) is 0 Å². The molecule has 6 heteroatoms. The number of amides is 2. The molecule has 0 aliphatic carbocycles. The number of anilines is 2. The molecule has 0 aliphatic heterocycles. The minimum atomic E-state index is -0.561. The second-order valence-corrected chi connectivity index (χ2v) is 6.61. The highest BCUT2D eigenvalue weighted by Crippen LogP contribution is 2.17. The molecule has 2 rings (SSSR count). The van der Waals surface area contributed by atoms with Crippen LogP contribution in [0.15, 0.2) is 48.5 Å². The molecule has 2 aromatic carbocycles. The third-order valence-electron chi connectivity index (χ3n) is 2.87. The maximum Gasteiger partial charge on any atom is 0.412 e. The summed E-state index contributed by atoms with van der Waals surface area (Å²) in [5, 5.41) is 5.89. The predicted molar refractivity (Wildman–Crippen MR) is 95.7 cm³/mol. The number of hydrogen-bond acceptors (Lipinski definition) is 3. The molecule has 0 fully saturated rings. The van der Waals surface area contributed by atoms with Crippen LogP contribution in [0.3, 0.4) is 0 Å². The lowest BCUT2D eigenvalue weighted by Crippen LogP contribution is -2.27. The number of nitrogens with one attached hydrogen (secondary N) is 2. The van der Waals surface area contributed by atoms with E-state index in [4.69, 9.17) is 16.3 Å². The van der Waals surface area contributed by atoms with Crippen molar-refractivity contribution in [3.8, 4) is 0 Å². The molecule has 0 saturated heterocycles. The zero-order valence-electron chi connectivity index (χ0n) is 13.7. The minimum Gasteiger partial charge on any atom is -0.444 e. The number of benzene rings is 2. The number of carbonyl (C=O) groups excluding carboxylic acids is 2. The SMILES string of the molecule is CC(C)(C)OC(=O)Nc1ccc(NC(=O)c2cccc(Cl)c2)cc1. The Kier molecular flexibility index (Phi) is 5.46. The number of rotatable bonds is 3. The maximum atomic E-state index is 12.1. The van der Waals surface area contributed by atoms with E-state index in [9.17, 15) is 9.59 Å². The second kappa shape index (κ2) is 7.36. The molecular formula is C18H19ClN2O3. The van der Waals surface area contributed by atoms with Crippen LogP contribution in [0, 0.1) is 0 Å². The Labute approximate surface area is 146 Å². The molecule has 0 bridgehead atoms. The van der Waals surface area contributed by atoms with Crippen molar-refractivity contribution in [3.63, 3.8) is 0 Å². The van der Waals surface area contributed by atoms with E-state index in [0.717, 1.165) is 0 Å². The fraction of sp³-hybridized carbons (Fsp3) is 0.222. The molecule has 0 aliphatic rings. The van der Waals surface area contributed by atoms with Crippen molar-refractivity contribution >= 4 is 35.0 Å². The first-order chi connectivity index (χ1) is 11.2. The number of ether oxygens (including phenoxy) is 1. The summed E-state index contributed by atoms with van der Waals surface area (Å²) in [6.45, 7) is 5.38. The van der Waals surface area contributed by atoms with Crippen molar-refractivity contribution < 1.29 is 14.3 Å². The highest BCUT2D eigenvalue weighted by Gasteiger charge is 2.16. The van der Waals surface area contributed by atoms with E-state index in [-0.39, 0.29) is 5.91 Å². The Morgan fingerprint density at radius 2 is 1.54 bits per heavy atom. The van der Waals surface area contributed by atoms with E-state index in [1.54, 1.807) is 69.3 Å². The zero-order valence-corrected chi connectivity index (χ0v) is 14.5. The third-order valence-corrected chi connectivity index (χ3v) is 3.11. The molecule has 2 amide bonds. The van der Waals surface area contributed by atoms with Gasteiger partial charge in [0.15, 0.2) is 0 Å². The average Bonchev–Trinajstić information content (AvgIpc) is 2.47. The summed E-state index contributed by atoms with van der Waals surface area (Å²) in [5.74, 6) is -0.259. The van der Waals surface area contributed by atoms with E-state index >= 15 is 0 Å². The van der Waals surface area contributed by atoms with Gasteiger partial charge in [0.2, 0.25) is 0 Å². The quantitative estimate of drug-likeness (QED) is 0.827. The smallest absolute Gasteiger partial charge is 0.412 e.